The quantitative estimate of drug-likeness (QED) is 0.293. The second kappa shape index (κ2) is 15.8. The van der Waals surface area contributed by atoms with E-state index in [9.17, 15) is 19.2 Å². The lowest BCUT2D eigenvalue weighted by Crippen LogP contribution is -2.51. The Kier molecular flexibility index (Phi) is 12.1. The molecule has 4 rings (SSSR count). The van der Waals surface area contributed by atoms with Crippen molar-refractivity contribution in [3.8, 4) is 5.75 Å². The van der Waals surface area contributed by atoms with E-state index < -0.39 is 47.4 Å². The van der Waals surface area contributed by atoms with Crippen LogP contribution in [0.5, 0.6) is 5.75 Å². The first-order chi connectivity index (χ1) is 22.3. The Morgan fingerprint density at radius 1 is 1.02 bits per heavy atom. The number of halogens is 1. The van der Waals surface area contributed by atoms with Gasteiger partial charge in [-0.25, -0.2) is 4.79 Å². The van der Waals surface area contributed by atoms with Gasteiger partial charge in [-0.3, -0.25) is 14.4 Å². The average molecular weight is 669 g/mol. The number of ether oxygens (including phenoxy) is 4. The molecule has 2 amide bonds. The second-order valence-corrected chi connectivity index (χ2v) is 13.7. The van der Waals surface area contributed by atoms with Crippen molar-refractivity contribution in [3.05, 3.63) is 76.8 Å². The zero-order valence-corrected chi connectivity index (χ0v) is 28.5. The highest BCUT2D eigenvalue weighted by molar-refractivity contribution is 6.32. The van der Waals surface area contributed by atoms with Crippen LogP contribution >= 0.6 is 11.6 Å². The average Bonchev–Trinajstić information content (AvgIpc) is 3.83. The largest absolute Gasteiger partial charge is 0.495 e. The molecule has 2 aliphatic heterocycles. The topological polar surface area (TPSA) is 133 Å². The molecule has 6 atom stereocenters. The van der Waals surface area contributed by atoms with Crippen LogP contribution in [-0.4, -0.2) is 61.8 Å². The number of hydrogen-bond donors (Lipinski definition) is 2. The van der Waals surface area contributed by atoms with Crippen LogP contribution in [0, 0.1) is 17.3 Å². The Morgan fingerprint density at radius 2 is 1.74 bits per heavy atom. The number of cyclic esters (lactones) is 2. The van der Waals surface area contributed by atoms with Crippen LogP contribution in [-0.2, 0) is 39.8 Å². The van der Waals surface area contributed by atoms with Gasteiger partial charge >= 0.3 is 11.9 Å². The van der Waals surface area contributed by atoms with Crippen LogP contribution in [0.15, 0.2) is 60.7 Å². The van der Waals surface area contributed by atoms with Gasteiger partial charge in [0.25, 0.3) is 0 Å². The Hall–Kier alpha value is -3.89. The van der Waals surface area contributed by atoms with Crippen molar-refractivity contribution in [1.82, 2.24) is 10.6 Å². The zero-order chi connectivity index (χ0) is 34.3. The molecule has 47 heavy (non-hydrogen) atoms. The Labute approximate surface area is 281 Å². The van der Waals surface area contributed by atoms with E-state index in [0.717, 1.165) is 5.56 Å². The lowest BCUT2D eigenvalue weighted by Gasteiger charge is -2.29. The Bertz CT molecular complexity index is 1460. The summed E-state index contributed by atoms with van der Waals surface area (Å²) in [5.74, 6) is -2.06. The minimum Gasteiger partial charge on any atom is -0.495 e. The summed E-state index contributed by atoms with van der Waals surface area (Å²) in [6.45, 7) is 8.92. The third-order valence-electron chi connectivity index (χ3n) is 8.41. The van der Waals surface area contributed by atoms with Crippen LogP contribution in [0.4, 0.5) is 0 Å². The molecule has 2 aromatic carbocycles. The van der Waals surface area contributed by atoms with Gasteiger partial charge in [-0.15, -0.1) is 0 Å². The van der Waals surface area contributed by atoms with Crippen molar-refractivity contribution in [2.24, 2.45) is 17.3 Å². The molecule has 0 radical (unpaired) electrons. The molecule has 2 aliphatic rings. The summed E-state index contributed by atoms with van der Waals surface area (Å²) in [6.07, 6.45) is 1.34. The lowest BCUT2D eigenvalue weighted by molar-refractivity contribution is -0.179. The molecule has 0 aliphatic carbocycles. The monoisotopic (exact) mass is 668 g/mol. The molecule has 2 N–H and O–H groups in total. The first kappa shape index (κ1) is 36.0. The molecule has 0 saturated carbocycles. The Morgan fingerprint density at radius 3 is 2.40 bits per heavy atom. The predicted octanol–water partition coefficient (Wildman–Crippen LogP) is 5.12. The van der Waals surface area contributed by atoms with Gasteiger partial charge in [0.15, 0.2) is 6.10 Å². The highest BCUT2D eigenvalue weighted by atomic mass is 35.5. The van der Waals surface area contributed by atoms with E-state index in [1.165, 1.54) is 13.2 Å². The van der Waals surface area contributed by atoms with Crippen LogP contribution < -0.4 is 15.4 Å². The first-order valence-corrected chi connectivity index (χ1v) is 16.4. The van der Waals surface area contributed by atoms with Crippen LogP contribution in [0.2, 0.25) is 5.02 Å². The summed E-state index contributed by atoms with van der Waals surface area (Å²) in [7, 11) is 1.51. The van der Waals surface area contributed by atoms with Crippen molar-refractivity contribution in [2.45, 2.75) is 84.3 Å². The number of amides is 2. The molecule has 0 bridgehead atoms. The van der Waals surface area contributed by atoms with Gasteiger partial charge in [0.1, 0.15) is 24.0 Å². The number of epoxide rings is 1. The highest BCUT2D eigenvalue weighted by Gasteiger charge is 2.48. The zero-order valence-electron chi connectivity index (χ0n) is 27.8. The third-order valence-corrected chi connectivity index (χ3v) is 8.70. The molecule has 2 aromatic rings. The summed E-state index contributed by atoms with van der Waals surface area (Å²) in [4.78, 5) is 53.6. The van der Waals surface area contributed by atoms with Gasteiger partial charge in [0, 0.05) is 25.3 Å². The van der Waals surface area contributed by atoms with E-state index in [-0.39, 0.29) is 49.9 Å². The molecular weight excluding hydrogens is 624 g/mol. The van der Waals surface area contributed by atoms with E-state index in [0.29, 0.717) is 16.3 Å². The van der Waals surface area contributed by atoms with Gasteiger partial charge in [-0.2, -0.15) is 0 Å². The summed E-state index contributed by atoms with van der Waals surface area (Å²) in [6, 6.07) is 13.9. The van der Waals surface area contributed by atoms with Gasteiger partial charge in [-0.05, 0) is 55.5 Å². The standard InChI is InChI=1S/C36H45ClN2O8/c1-21(2)17-29-34(42)45-27(22(3)31-32(47-31)24-11-8-7-9-12-24)13-10-14-30(40)39-26(19-23-15-16-28(44-6)25(37)18-23)33(41)38-20-36(4,5)35(43)46-29/h7-12,14-16,18,21-22,26-27,29,31-32H,13,17,19-20H2,1-6H3,(H,38,41)(H,39,40)/b14-10+/t22-,26+,27-,29-,31?,32?/m0/s1. The van der Waals surface area contributed by atoms with Gasteiger partial charge in [0.05, 0.1) is 23.7 Å². The molecule has 2 unspecified atom stereocenters. The third kappa shape index (κ3) is 9.81. The number of carbonyl (C=O) groups is 4. The minimum absolute atomic E-state index is 0.0228. The number of carbonyl (C=O) groups excluding carboxylic acids is 4. The van der Waals surface area contributed by atoms with Gasteiger partial charge in [-0.1, -0.05) is 74.8 Å². The fourth-order valence-electron chi connectivity index (χ4n) is 5.46. The number of nitrogens with one attached hydrogen (secondary N) is 2. The number of benzene rings is 2. The number of methoxy groups -OCH3 is 1. The maximum absolute atomic E-state index is 13.6. The molecular formula is C36H45ClN2O8. The summed E-state index contributed by atoms with van der Waals surface area (Å²) < 4.78 is 23.1. The molecule has 2 heterocycles. The van der Waals surface area contributed by atoms with Crippen molar-refractivity contribution >= 4 is 35.4 Å². The first-order valence-electron chi connectivity index (χ1n) is 16.0. The van der Waals surface area contributed by atoms with Crippen molar-refractivity contribution in [3.63, 3.8) is 0 Å². The highest BCUT2D eigenvalue weighted by Crippen LogP contribution is 2.45. The van der Waals surface area contributed by atoms with E-state index in [1.807, 2.05) is 51.1 Å². The molecule has 1 fully saturated rings. The van der Waals surface area contributed by atoms with Crippen LogP contribution in [0.1, 0.15) is 64.7 Å². The smallest absolute Gasteiger partial charge is 0.347 e. The molecule has 1 saturated heterocycles. The van der Waals surface area contributed by atoms with Crippen molar-refractivity contribution in [2.75, 3.05) is 13.7 Å². The van der Waals surface area contributed by atoms with Crippen LogP contribution in [0.3, 0.4) is 0 Å². The normalized spacial score (nSPS) is 26.8. The molecule has 10 nitrogen and oxygen atoms in total. The summed E-state index contributed by atoms with van der Waals surface area (Å²) in [5.41, 5.74) is 0.524. The van der Waals surface area contributed by atoms with Crippen LogP contribution in [0.25, 0.3) is 0 Å². The second-order valence-electron chi connectivity index (χ2n) is 13.3. The molecule has 0 spiro atoms. The van der Waals surface area contributed by atoms with E-state index in [4.69, 9.17) is 30.5 Å². The van der Waals surface area contributed by atoms with Crippen molar-refractivity contribution < 1.29 is 38.1 Å². The number of rotatable bonds is 8. The lowest BCUT2D eigenvalue weighted by atomic mass is 9.92. The van der Waals surface area contributed by atoms with E-state index in [2.05, 4.69) is 10.6 Å². The summed E-state index contributed by atoms with van der Waals surface area (Å²) in [5, 5.41) is 5.91. The number of hydrogen-bond acceptors (Lipinski definition) is 8. The van der Waals surface area contributed by atoms with E-state index in [1.54, 1.807) is 38.1 Å². The number of esters is 2. The Balaban J connectivity index is 1.61. The minimum atomic E-state index is -1.20. The fourth-order valence-corrected chi connectivity index (χ4v) is 5.75. The maximum Gasteiger partial charge on any atom is 0.347 e. The fraction of sp³-hybridized carbons (Fsp3) is 0.500. The molecule has 0 aromatic heterocycles. The molecule has 11 heteroatoms. The van der Waals surface area contributed by atoms with Crippen molar-refractivity contribution in [1.29, 1.82) is 0 Å². The molecule has 254 valence electrons. The maximum atomic E-state index is 13.6. The predicted molar refractivity (Wildman–Crippen MR) is 177 cm³/mol. The SMILES string of the molecule is COc1ccc(C[C@H]2NC(=O)/C=C/C[C@@H]([C@H](C)C3OC3c3ccccc3)OC(=O)[C@H](CC(C)C)OC(=O)C(C)(C)CNC2=O)cc1Cl. The van der Waals surface area contributed by atoms with E-state index >= 15 is 0 Å². The van der Waals surface area contributed by atoms with Gasteiger partial charge in [0.2, 0.25) is 11.8 Å². The summed E-state index contributed by atoms with van der Waals surface area (Å²) >= 11 is 6.32. The van der Waals surface area contributed by atoms with Gasteiger partial charge < -0.3 is 29.6 Å².